The molecule has 0 unspecified atom stereocenters. The van der Waals surface area contributed by atoms with Crippen molar-refractivity contribution in [1.82, 2.24) is 9.47 Å². The number of carbonyl (C=O) groups excluding carboxylic acids is 1. The Kier molecular flexibility index (Phi) is 4.60. The fourth-order valence-corrected chi connectivity index (χ4v) is 3.23. The summed E-state index contributed by atoms with van der Waals surface area (Å²) in [5.74, 6) is -0.0155. The van der Waals surface area contributed by atoms with Crippen LogP contribution in [0.5, 0.6) is 0 Å². The lowest BCUT2D eigenvalue weighted by molar-refractivity contribution is 0.0730. The molecular formula is C19H22N2O2. The maximum absolute atomic E-state index is 12.7. The van der Waals surface area contributed by atoms with Crippen molar-refractivity contribution in [3.8, 4) is 0 Å². The topological polar surface area (TPSA) is 42.3 Å². The van der Waals surface area contributed by atoms with Gasteiger partial charge in [-0.15, -0.1) is 0 Å². The summed E-state index contributed by atoms with van der Waals surface area (Å²) in [4.78, 5) is 26.4. The van der Waals surface area contributed by atoms with Gasteiger partial charge >= 0.3 is 0 Å². The second kappa shape index (κ2) is 6.82. The maximum atomic E-state index is 12.7. The molecular weight excluding hydrogens is 288 g/mol. The Bertz CT molecular complexity index is 737. The average molecular weight is 310 g/mol. The molecule has 1 fully saturated rings. The van der Waals surface area contributed by atoms with E-state index in [9.17, 15) is 9.59 Å². The number of rotatable bonds is 4. The van der Waals surface area contributed by atoms with Crippen molar-refractivity contribution in [3.05, 3.63) is 70.1 Å². The Morgan fingerprint density at radius 2 is 2.00 bits per heavy atom. The Morgan fingerprint density at radius 1 is 1.22 bits per heavy atom. The van der Waals surface area contributed by atoms with Gasteiger partial charge in [0, 0.05) is 37.5 Å². The van der Waals surface area contributed by atoms with E-state index in [1.165, 1.54) is 16.2 Å². The minimum Gasteiger partial charge on any atom is -0.336 e. The zero-order chi connectivity index (χ0) is 16.2. The minimum absolute atomic E-state index is 0.0155. The summed E-state index contributed by atoms with van der Waals surface area (Å²) in [7, 11) is 1.69. The van der Waals surface area contributed by atoms with Crippen LogP contribution in [0.25, 0.3) is 0 Å². The van der Waals surface area contributed by atoms with Crippen molar-refractivity contribution in [1.29, 1.82) is 0 Å². The molecule has 1 aromatic heterocycles. The number of aryl methyl sites for hydroxylation is 2. The van der Waals surface area contributed by atoms with Crippen molar-refractivity contribution in [2.75, 3.05) is 6.54 Å². The summed E-state index contributed by atoms with van der Waals surface area (Å²) in [5, 5.41) is 0. The van der Waals surface area contributed by atoms with Crippen LogP contribution < -0.4 is 5.56 Å². The van der Waals surface area contributed by atoms with Crippen molar-refractivity contribution in [2.24, 2.45) is 7.05 Å². The van der Waals surface area contributed by atoms with Gasteiger partial charge in [0.2, 0.25) is 0 Å². The number of aromatic nitrogens is 1. The predicted octanol–water partition coefficient (Wildman–Crippen LogP) is 2.62. The summed E-state index contributed by atoms with van der Waals surface area (Å²) in [6.07, 6.45) is 5.69. The lowest BCUT2D eigenvalue weighted by Crippen LogP contribution is -2.36. The van der Waals surface area contributed by atoms with Crippen LogP contribution in [-0.2, 0) is 13.5 Å². The molecule has 2 heterocycles. The highest BCUT2D eigenvalue weighted by molar-refractivity contribution is 5.94. The Labute approximate surface area is 136 Å². The third-order valence-corrected chi connectivity index (χ3v) is 4.60. The lowest BCUT2D eigenvalue weighted by Gasteiger charge is -2.25. The Hall–Kier alpha value is -2.36. The molecule has 0 aliphatic carbocycles. The first-order valence-corrected chi connectivity index (χ1v) is 8.17. The van der Waals surface area contributed by atoms with Crippen molar-refractivity contribution >= 4 is 5.91 Å². The van der Waals surface area contributed by atoms with Gasteiger partial charge in [0.25, 0.3) is 11.5 Å². The Balaban J connectivity index is 1.69. The van der Waals surface area contributed by atoms with E-state index >= 15 is 0 Å². The second-order valence-electron chi connectivity index (χ2n) is 6.18. The summed E-state index contributed by atoms with van der Waals surface area (Å²) >= 11 is 0. The number of likely N-dealkylation sites (tertiary alicyclic amines) is 1. The van der Waals surface area contributed by atoms with Gasteiger partial charge in [-0.05, 0) is 37.3 Å². The first-order chi connectivity index (χ1) is 11.1. The number of nitrogens with zero attached hydrogens (tertiary/aromatic N) is 2. The zero-order valence-corrected chi connectivity index (χ0v) is 13.4. The van der Waals surface area contributed by atoms with Gasteiger partial charge < -0.3 is 9.47 Å². The minimum atomic E-state index is -0.143. The third-order valence-electron chi connectivity index (χ3n) is 4.60. The number of carbonyl (C=O) groups is 1. The summed E-state index contributed by atoms with van der Waals surface area (Å²) in [6.45, 7) is 0.785. The third kappa shape index (κ3) is 3.52. The van der Waals surface area contributed by atoms with E-state index in [2.05, 4.69) is 12.1 Å². The second-order valence-corrected chi connectivity index (χ2v) is 6.18. The Morgan fingerprint density at radius 3 is 2.74 bits per heavy atom. The van der Waals surface area contributed by atoms with Crippen LogP contribution >= 0.6 is 0 Å². The van der Waals surface area contributed by atoms with Gasteiger partial charge in [0.15, 0.2) is 0 Å². The van der Waals surface area contributed by atoms with Crippen LogP contribution in [0.3, 0.4) is 0 Å². The normalized spacial score (nSPS) is 17.4. The highest BCUT2D eigenvalue weighted by Gasteiger charge is 2.29. The standard InChI is InChI=1S/C19H22N2O2/c1-20-13-11-16(14-18(20)22)19(23)21-12-5-8-17(21)10-9-15-6-3-2-4-7-15/h2-4,6-7,11,13-14,17H,5,8-10,12H2,1H3/t17-/m0/s1. The number of amides is 1. The molecule has 0 spiro atoms. The number of pyridine rings is 1. The predicted molar refractivity (Wildman–Crippen MR) is 90.5 cm³/mol. The SMILES string of the molecule is Cn1ccc(C(=O)N2CCC[C@H]2CCc2ccccc2)cc1=O. The van der Waals surface area contributed by atoms with E-state index in [0.717, 1.165) is 32.2 Å². The molecule has 1 saturated heterocycles. The van der Waals surface area contributed by atoms with Crippen LogP contribution in [0.2, 0.25) is 0 Å². The molecule has 1 amide bonds. The first kappa shape index (κ1) is 15.5. The monoisotopic (exact) mass is 310 g/mol. The molecule has 1 aliphatic heterocycles. The smallest absolute Gasteiger partial charge is 0.254 e. The summed E-state index contributed by atoms with van der Waals surface area (Å²) in [5.41, 5.74) is 1.66. The number of hydrogen-bond acceptors (Lipinski definition) is 2. The van der Waals surface area contributed by atoms with Gasteiger partial charge in [0.1, 0.15) is 0 Å². The first-order valence-electron chi connectivity index (χ1n) is 8.17. The van der Waals surface area contributed by atoms with Crippen molar-refractivity contribution < 1.29 is 4.79 Å². The molecule has 0 N–H and O–H groups in total. The fraction of sp³-hybridized carbons (Fsp3) is 0.368. The van der Waals surface area contributed by atoms with Crippen LogP contribution in [0.15, 0.2) is 53.5 Å². The molecule has 23 heavy (non-hydrogen) atoms. The molecule has 3 rings (SSSR count). The molecule has 2 aromatic rings. The van der Waals surface area contributed by atoms with E-state index in [4.69, 9.17) is 0 Å². The maximum Gasteiger partial charge on any atom is 0.254 e. The van der Waals surface area contributed by atoms with Gasteiger partial charge in [-0.2, -0.15) is 0 Å². The fourth-order valence-electron chi connectivity index (χ4n) is 3.23. The van der Waals surface area contributed by atoms with Gasteiger partial charge in [0.05, 0.1) is 0 Å². The van der Waals surface area contributed by atoms with E-state index in [1.807, 2.05) is 23.1 Å². The van der Waals surface area contributed by atoms with E-state index in [1.54, 1.807) is 19.3 Å². The molecule has 4 nitrogen and oxygen atoms in total. The van der Waals surface area contributed by atoms with Gasteiger partial charge in [-0.1, -0.05) is 30.3 Å². The van der Waals surface area contributed by atoms with Crippen LogP contribution in [-0.4, -0.2) is 28.0 Å². The number of hydrogen-bond donors (Lipinski definition) is 0. The highest BCUT2D eigenvalue weighted by atomic mass is 16.2. The number of benzene rings is 1. The molecule has 1 aliphatic rings. The molecule has 4 heteroatoms. The largest absolute Gasteiger partial charge is 0.336 e. The molecule has 1 aromatic carbocycles. The van der Waals surface area contributed by atoms with Crippen molar-refractivity contribution in [3.63, 3.8) is 0 Å². The molecule has 1 atom stereocenters. The van der Waals surface area contributed by atoms with Crippen LogP contribution in [0.4, 0.5) is 0 Å². The van der Waals surface area contributed by atoms with E-state index in [0.29, 0.717) is 5.56 Å². The van der Waals surface area contributed by atoms with Crippen LogP contribution in [0, 0.1) is 0 Å². The zero-order valence-electron chi connectivity index (χ0n) is 13.4. The molecule has 0 bridgehead atoms. The van der Waals surface area contributed by atoms with Gasteiger partial charge in [-0.25, -0.2) is 0 Å². The summed E-state index contributed by atoms with van der Waals surface area (Å²) in [6, 6.07) is 13.8. The molecule has 0 radical (unpaired) electrons. The van der Waals surface area contributed by atoms with Crippen LogP contribution in [0.1, 0.15) is 35.2 Å². The quantitative estimate of drug-likeness (QED) is 0.871. The van der Waals surface area contributed by atoms with Gasteiger partial charge in [-0.3, -0.25) is 9.59 Å². The highest BCUT2D eigenvalue weighted by Crippen LogP contribution is 2.23. The average Bonchev–Trinajstić information content (AvgIpc) is 3.04. The van der Waals surface area contributed by atoms with E-state index < -0.39 is 0 Å². The molecule has 0 saturated carbocycles. The van der Waals surface area contributed by atoms with Crippen molar-refractivity contribution in [2.45, 2.75) is 31.7 Å². The lowest BCUT2D eigenvalue weighted by atomic mass is 10.0. The van der Waals surface area contributed by atoms with E-state index in [-0.39, 0.29) is 17.5 Å². The summed E-state index contributed by atoms with van der Waals surface area (Å²) < 4.78 is 1.48. The molecule has 120 valence electrons.